The highest BCUT2D eigenvalue weighted by Crippen LogP contribution is 2.47. The number of aromatic nitrogens is 1. The van der Waals surface area contributed by atoms with Crippen LogP contribution in [0.3, 0.4) is 0 Å². The lowest BCUT2D eigenvalue weighted by molar-refractivity contribution is 0.0601. The number of para-hydroxylation sites is 1. The van der Waals surface area contributed by atoms with Crippen molar-refractivity contribution in [1.82, 2.24) is 19.7 Å². The van der Waals surface area contributed by atoms with Crippen molar-refractivity contribution in [3.05, 3.63) is 53.6 Å². The zero-order valence-corrected chi connectivity index (χ0v) is 24.3. The summed E-state index contributed by atoms with van der Waals surface area (Å²) in [5.41, 5.74) is 5.60. The van der Waals surface area contributed by atoms with Gasteiger partial charge in [-0.05, 0) is 75.6 Å². The molecule has 6 rings (SSSR count). The molecular weight excluding hydrogens is 500 g/mol. The molecule has 3 heterocycles. The molecule has 1 aromatic heterocycles. The Kier molecular flexibility index (Phi) is 8.15. The number of hydrogen-bond donors (Lipinski definition) is 1. The molecule has 3 aliphatic rings. The van der Waals surface area contributed by atoms with Crippen molar-refractivity contribution >= 4 is 16.9 Å². The topological polar surface area (TPSA) is 59.0 Å². The van der Waals surface area contributed by atoms with Gasteiger partial charge in [-0.2, -0.15) is 0 Å². The van der Waals surface area contributed by atoms with Crippen molar-refractivity contribution in [3.63, 3.8) is 0 Å². The highest BCUT2D eigenvalue weighted by atomic mass is 16.5. The van der Waals surface area contributed by atoms with Crippen molar-refractivity contribution in [1.29, 1.82) is 0 Å². The van der Waals surface area contributed by atoms with Gasteiger partial charge in [-0.25, -0.2) is 4.79 Å². The number of nitrogens with one attached hydrogen (secondary N) is 1. The summed E-state index contributed by atoms with van der Waals surface area (Å²) >= 11 is 0. The second-order valence-corrected chi connectivity index (χ2v) is 11.9. The summed E-state index contributed by atoms with van der Waals surface area (Å²) in [5, 5.41) is 4.70. The van der Waals surface area contributed by atoms with Gasteiger partial charge < -0.3 is 24.3 Å². The number of esters is 1. The number of fused-ring (bicyclic) bond motifs is 5. The van der Waals surface area contributed by atoms with E-state index in [0.29, 0.717) is 24.1 Å². The molecule has 0 radical (unpaired) electrons. The van der Waals surface area contributed by atoms with E-state index >= 15 is 0 Å². The second kappa shape index (κ2) is 11.9. The number of carbonyl (C=O) groups is 1. The SMILES string of the molecule is CNC1CCN(CCN(C)[C@H]2COc3ccccc3-c3c(C4CCCCC4)c4ccc(C(=O)OC)cc4n3C2)C1. The fraction of sp³-hybridized carbons (Fsp3) is 0.545. The molecule has 1 saturated heterocycles. The fourth-order valence-electron chi connectivity index (χ4n) is 7.16. The standard InChI is InChI=1S/C33H44N4O3/c1-34-25-15-16-36(20-25)18-17-35(2)26-21-37-29-19-24(33(38)39-3)13-14-27(29)31(23-9-5-4-6-10-23)32(37)28-11-7-8-12-30(28)40-22-26/h7-8,11-14,19,23,25-26,34H,4-6,9-10,15-18,20-22H2,1-3H3/t25?,26-/m1/s1. The number of nitrogens with zero attached hydrogens (tertiary/aromatic N) is 3. The first-order valence-electron chi connectivity index (χ1n) is 15.1. The zero-order valence-electron chi connectivity index (χ0n) is 24.3. The van der Waals surface area contributed by atoms with Gasteiger partial charge in [0.15, 0.2) is 0 Å². The van der Waals surface area contributed by atoms with Crippen LogP contribution in [0.2, 0.25) is 0 Å². The molecule has 2 atom stereocenters. The van der Waals surface area contributed by atoms with Crippen LogP contribution in [-0.2, 0) is 11.3 Å². The normalized spacial score (nSPS) is 22.0. The first-order valence-corrected chi connectivity index (χ1v) is 15.1. The van der Waals surface area contributed by atoms with Crippen molar-refractivity contribution in [2.75, 3.05) is 54.0 Å². The molecular formula is C33H44N4O3. The molecule has 2 aromatic carbocycles. The Morgan fingerprint density at radius 1 is 1.10 bits per heavy atom. The molecule has 2 fully saturated rings. The minimum atomic E-state index is -0.287. The van der Waals surface area contributed by atoms with Crippen LogP contribution in [0.1, 0.15) is 60.4 Å². The molecule has 0 bridgehead atoms. The smallest absolute Gasteiger partial charge is 0.337 e. The Labute approximate surface area is 238 Å². The fourth-order valence-corrected chi connectivity index (χ4v) is 7.16. The van der Waals surface area contributed by atoms with E-state index in [9.17, 15) is 4.79 Å². The molecule has 40 heavy (non-hydrogen) atoms. The Bertz CT molecular complexity index is 1340. The van der Waals surface area contributed by atoms with E-state index in [0.717, 1.165) is 49.6 Å². The number of likely N-dealkylation sites (tertiary alicyclic amines) is 1. The lowest BCUT2D eigenvalue weighted by Crippen LogP contribution is -2.44. The second-order valence-electron chi connectivity index (χ2n) is 11.9. The van der Waals surface area contributed by atoms with Gasteiger partial charge in [0.05, 0.1) is 24.4 Å². The molecule has 1 unspecified atom stereocenters. The lowest BCUT2D eigenvalue weighted by Gasteiger charge is -2.33. The van der Waals surface area contributed by atoms with Gasteiger partial charge in [-0.15, -0.1) is 0 Å². The third-order valence-electron chi connectivity index (χ3n) is 9.58. The molecule has 2 aliphatic heterocycles. The molecule has 1 aliphatic carbocycles. The summed E-state index contributed by atoms with van der Waals surface area (Å²) in [6, 6.07) is 15.5. The van der Waals surface area contributed by atoms with E-state index < -0.39 is 0 Å². The average molecular weight is 545 g/mol. The zero-order chi connectivity index (χ0) is 27.6. The van der Waals surface area contributed by atoms with Crippen LogP contribution >= 0.6 is 0 Å². The van der Waals surface area contributed by atoms with Crippen LogP contribution in [0.4, 0.5) is 0 Å². The van der Waals surface area contributed by atoms with Gasteiger partial charge in [0, 0.05) is 48.7 Å². The summed E-state index contributed by atoms with van der Waals surface area (Å²) in [6.45, 7) is 5.76. The number of hydrogen-bond acceptors (Lipinski definition) is 6. The van der Waals surface area contributed by atoms with Crippen molar-refractivity contribution < 1.29 is 14.3 Å². The molecule has 214 valence electrons. The first-order chi connectivity index (χ1) is 19.6. The highest BCUT2D eigenvalue weighted by molar-refractivity contribution is 5.99. The van der Waals surface area contributed by atoms with Crippen molar-refractivity contribution in [3.8, 4) is 17.0 Å². The predicted molar refractivity (Wildman–Crippen MR) is 160 cm³/mol. The summed E-state index contributed by atoms with van der Waals surface area (Å²) in [7, 11) is 5.76. The van der Waals surface area contributed by atoms with Gasteiger partial charge >= 0.3 is 5.97 Å². The quantitative estimate of drug-likeness (QED) is 0.416. The Hall–Kier alpha value is -2.87. The van der Waals surface area contributed by atoms with E-state index in [-0.39, 0.29) is 12.0 Å². The number of ether oxygens (including phenoxy) is 2. The number of likely N-dealkylation sites (N-methyl/N-ethyl adjacent to an activating group) is 2. The third kappa shape index (κ3) is 5.27. The molecule has 0 spiro atoms. The summed E-state index contributed by atoms with van der Waals surface area (Å²) in [5.74, 6) is 1.17. The Balaban J connectivity index is 1.42. The molecule has 1 N–H and O–H groups in total. The number of benzene rings is 2. The lowest BCUT2D eigenvalue weighted by atomic mass is 9.81. The van der Waals surface area contributed by atoms with Crippen LogP contribution in [0.25, 0.3) is 22.2 Å². The van der Waals surface area contributed by atoms with Gasteiger partial charge in [0.2, 0.25) is 0 Å². The van der Waals surface area contributed by atoms with Crippen LogP contribution in [0.15, 0.2) is 42.5 Å². The molecule has 7 heteroatoms. The maximum absolute atomic E-state index is 12.6. The van der Waals surface area contributed by atoms with Crippen LogP contribution in [0, 0.1) is 0 Å². The maximum atomic E-state index is 12.6. The first kappa shape index (κ1) is 27.3. The van der Waals surface area contributed by atoms with E-state index in [2.05, 4.69) is 70.2 Å². The summed E-state index contributed by atoms with van der Waals surface area (Å²) < 4.78 is 14.2. The molecule has 7 nitrogen and oxygen atoms in total. The molecule has 3 aromatic rings. The van der Waals surface area contributed by atoms with Gasteiger partial charge in [0.25, 0.3) is 0 Å². The highest BCUT2D eigenvalue weighted by Gasteiger charge is 2.32. The van der Waals surface area contributed by atoms with Crippen LogP contribution in [-0.4, -0.2) is 86.4 Å². The van der Waals surface area contributed by atoms with Crippen LogP contribution in [0.5, 0.6) is 5.75 Å². The van der Waals surface area contributed by atoms with Gasteiger partial charge in [-0.1, -0.05) is 37.5 Å². The minimum absolute atomic E-state index is 0.200. The van der Waals surface area contributed by atoms with E-state index in [1.54, 1.807) is 0 Å². The molecule has 0 amide bonds. The summed E-state index contributed by atoms with van der Waals surface area (Å²) in [4.78, 5) is 17.7. The summed E-state index contributed by atoms with van der Waals surface area (Å²) in [6.07, 6.45) is 7.49. The molecule has 1 saturated carbocycles. The van der Waals surface area contributed by atoms with E-state index in [4.69, 9.17) is 9.47 Å². The van der Waals surface area contributed by atoms with Crippen LogP contribution < -0.4 is 10.1 Å². The number of carbonyl (C=O) groups excluding carboxylic acids is 1. The van der Waals surface area contributed by atoms with Crippen molar-refractivity contribution in [2.24, 2.45) is 0 Å². The van der Waals surface area contributed by atoms with Gasteiger partial charge in [-0.3, -0.25) is 4.90 Å². The average Bonchev–Trinajstić information content (AvgIpc) is 3.58. The minimum Gasteiger partial charge on any atom is -0.491 e. The number of rotatable bonds is 7. The predicted octanol–water partition coefficient (Wildman–Crippen LogP) is 5.13. The van der Waals surface area contributed by atoms with E-state index in [1.165, 1.54) is 62.3 Å². The van der Waals surface area contributed by atoms with Gasteiger partial charge in [0.1, 0.15) is 12.4 Å². The maximum Gasteiger partial charge on any atom is 0.337 e. The Morgan fingerprint density at radius 3 is 2.70 bits per heavy atom. The van der Waals surface area contributed by atoms with E-state index in [1.807, 2.05) is 6.07 Å². The largest absolute Gasteiger partial charge is 0.491 e. The third-order valence-corrected chi connectivity index (χ3v) is 9.58. The Morgan fingerprint density at radius 2 is 1.93 bits per heavy atom. The van der Waals surface area contributed by atoms with Crippen molar-refractivity contribution in [2.45, 2.75) is 63.1 Å². The monoisotopic (exact) mass is 544 g/mol. The number of methoxy groups -OCH3 is 1.